The number of carbonyl (C=O) groups is 2. The zero-order chi connectivity index (χ0) is 21.4. The van der Waals surface area contributed by atoms with Crippen LogP contribution < -0.4 is 0 Å². The Morgan fingerprint density at radius 1 is 1.21 bits per heavy atom. The molecule has 0 fully saturated rings. The van der Waals surface area contributed by atoms with Gasteiger partial charge in [0.15, 0.2) is 0 Å². The van der Waals surface area contributed by atoms with Gasteiger partial charge in [0.05, 0.1) is 30.9 Å². The molecule has 0 aliphatic heterocycles. The highest BCUT2D eigenvalue weighted by Gasteiger charge is 2.17. The molecule has 0 unspecified atom stereocenters. The van der Waals surface area contributed by atoms with Crippen LogP contribution in [0.15, 0.2) is 29.8 Å². The Kier molecular flexibility index (Phi) is 7.58. The number of imidazole rings is 1. The first-order valence-electron chi connectivity index (χ1n) is 9.43. The lowest BCUT2D eigenvalue weighted by molar-refractivity contribution is -0.154. The quantitative estimate of drug-likeness (QED) is 0.494. The average Bonchev–Trinajstić information content (AvgIpc) is 3.13. The van der Waals surface area contributed by atoms with Crippen LogP contribution in [-0.4, -0.2) is 55.9 Å². The summed E-state index contributed by atoms with van der Waals surface area (Å²) in [7, 11) is 0. The largest absolute Gasteiger partial charge is 0.466 e. The van der Waals surface area contributed by atoms with Gasteiger partial charge in [0.1, 0.15) is 11.9 Å². The molecule has 2 aromatic heterocycles. The molecule has 9 nitrogen and oxygen atoms in total. The maximum Gasteiger partial charge on any atom is 0.311 e. The summed E-state index contributed by atoms with van der Waals surface area (Å²) in [6.07, 6.45) is 4.98. The van der Waals surface area contributed by atoms with Crippen molar-refractivity contribution in [3.05, 3.63) is 36.2 Å². The third kappa shape index (κ3) is 7.44. The fraction of sp³-hybridized carbons (Fsp3) is 0.500. The monoisotopic (exact) mass is 401 g/mol. The molecular weight excluding hydrogens is 374 g/mol. The van der Waals surface area contributed by atoms with Gasteiger partial charge in [0.25, 0.3) is 0 Å². The Labute approximate surface area is 170 Å². The number of hydrogen-bond acceptors (Lipinski definition) is 8. The molecule has 2 rings (SSSR count). The molecule has 0 N–H and O–H groups in total. The first-order chi connectivity index (χ1) is 13.7. The van der Waals surface area contributed by atoms with Gasteiger partial charge in [-0.05, 0) is 40.7 Å². The molecule has 0 atom stereocenters. The van der Waals surface area contributed by atoms with Gasteiger partial charge in [0.2, 0.25) is 5.95 Å². The van der Waals surface area contributed by atoms with Gasteiger partial charge < -0.3 is 9.47 Å². The molecule has 0 aliphatic rings. The summed E-state index contributed by atoms with van der Waals surface area (Å²) in [4.78, 5) is 41.3. The zero-order valence-electron chi connectivity index (χ0n) is 17.5. The minimum atomic E-state index is -0.558. The Morgan fingerprint density at radius 2 is 1.97 bits per heavy atom. The Hall–Kier alpha value is -3.10. The third-order valence-electron chi connectivity index (χ3n) is 3.53. The number of esters is 2. The molecule has 0 saturated carbocycles. The Bertz CT molecular complexity index is 869. The van der Waals surface area contributed by atoms with E-state index in [-0.39, 0.29) is 32.0 Å². The second-order valence-corrected chi connectivity index (χ2v) is 7.31. The first-order valence-corrected chi connectivity index (χ1v) is 9.43. The molecule has 29 heavy (non-hydrogen) atoms. The van der Waals surface area contributed by atoms with Gasteiger partial charge in [-0.15, -0.1) is 0 Å². The van der Waals surface area contributed by atoms with Crippen molar-refractivity contribution in [1.29, 1.82) is 0 Å². The van der Waals surface area contributed by atoms with E-state index in [9.17, 15) is 9.59 Å². The minimum absolute atomic E-state index is 0.0536. The number of ether oxygens (including phenoxy) is 2. The number of aliphatic imine (C=N–C) groups is 1. The highest BCUT2D eigenvalue weighted by atomic mass is 16.6. The fourth-order valence-electron chi connectivity index (χ4n) is 2.44. The van der Waals surface area contributed by atoms with Crippen LogP contribution in [0.5, 0.6) is 0 Å². The van der Waals surface area contributed by atoms with Gasteiger partial charge in [-0.1, -0.05) is 0 Å². The van der Waals surface area contributed by atoms with E-state index in [0.717, 1.165) is 0 Å². The highest BCUT2D eigenvalue weighted by Crippen LogP contribution is 2.11. The molecule has 2 heterocycles. The van der Waals surface area contributed by atoms with Gasteiger partial charge in [-0.2, -0.15) is 0 Å². The molecule has 2 aromatic rings. The Balaban J connectivity index is 2.26. The predicted octanol–water partition coefficient (Wildman–Crippen LogP) is 2.44. The fourth-order valence-corrected chi connectivity index (χ4v) is 2.44. The summed E-state index contributed by atoms with van der Waals surface area (Å²) in [6.45, 7) is 9.43. The molecule has 9 heteroatoms. The summed E-state index contributed by atoms with van der Waals surface area (Å²) >= 11 is 0. The molecule has 0 aliphatic carbocycles. The van der Waals surface area contributed by atoms with Crippen molar-refractivity contribution < 1.29 is 19.1 Å². The molecule has 0 saturated heterocycles. The molecule has 156 valence electrons. The average molecular weight is 401 g/mol. The van der Waals surface area contributed by atoms with Crippen molar-refractivity contribution in [3.63, 3.8) is 0 Å². The van der Waals surface area contributed by atoms with Crippen molar-refractivity contribution >= 4 is 17.7 Å². The van der Waals surface area contributed by atoms with Gasteiger partial charge in [-0.3, -0.25) is 19.1 Å². The van der Waals surface area contributed by atoms with Crippen LogP contribution in [0.25, 0.3) is 5.95 Å². The predicted molar refractivity (Wildman–Crippen MR) is 107 cm³/mol. The number of carbonyl (C=O) groups excluding carboxylic acids is 2. The molecule has 0 radical (unpaired) electrons. The van der Waals surface area contributed by atoms with Gasteiger partial charge in [-0.25, -0.2) is 15.0 Å². The van der Waals surface area contributed by atoms with E-state index in [1.807, 2.05) is 27.7 Å². The summed E-state index contributed by atoms with van der Waals surface area (Å²) in [6, 6.07) is 1.74. The van der Waals surface area contributed by atoms with Gasteiger partial charge >= 0.3 is 11.9 Å². The van der Waals surface area contributed by atoms with E-state index in [1.54, 1.807) is 36.3 Å². The van der Waals surface area contributed by atoms with Crippen molar-refractivity contribution in [2.24, 2.45) is 4.99 Å². The molecule has 0 aromatic carbocycles. The third-order valence-corrected chi connectivity index (χ3v) is 3.53. The number of aryl methyl sites for hydroxylation is 1. The van der Waals surface area contributed by atoms with Crippen LogP contribution >= 0.6 is 0 Å². The van der Waals surface area contributed by atoms with Crippen LogP contribution in [0.1, 0.15) is 51.9 Å². The normalized spacial score (nSPS) is 12.0. The van der Waals surface area contributed by atoms with Crippen molar-refractivity contribution in [2.75, 3.05) is 13.2 Å². The van der Waals surface area contributed by atoms with E-state index >= 15 is 0 Å². The lowest BCUT2D eigenvalue weighted by Gasteiger charge is -2.19. The molecular formula is C20H27N5O4. The summed E-state index contributed by atoms with van der Waals surface area (Å²) in [5.41, 5.74) is 1.08. The van der Waals surface area contributed by atoms with E-state index in [4.69, 9.17) is 9.47 Å². The molecule has 0 spiro atoms. The topological polar surface area (TPSA) is 109 Å². The summed E-state index contributed by atoms with van der Waals surface area (Å²) < 4.78 is 12.0. The number of nitrogens with zero attached hydrogens (tertiary/aromatic N) is 5. The van der Waals surface area contributed by atoms with E-state index in [1.165, 1.54) is 0 Å². The molecule has 0 bridgehead atoms. The van der Waals surface area contributed by atoms with E-state index in [2.05, 4.69) is 19.9 Å². The van der Waals surface area contributed by atoms with Crippen LogP contribution in [0, 0.1) is 6.92 Å². The van der Waals surface area contributed by atoms with E-state index < -0.39 is 11.6 Å². The first kappa shape index (κ1) is 22.2. The smallest absolute Gasteiger partial charge is 0.311 e. The van der Waals surface area contributed by atoms with Crippen LogP contribution in [-0.2, 0) is 19.1 Å². The van der Waals surface area contributed by atoms with E-state index in [0.29, 0.717) is 23.0 Å². The van der Waals surface area contributed by atoms with Crippen LogP contribution in [0.3, 0.4) is 0 Å². The van der Waals surface area contributed by atoms with Crippen LogP contribution in [0.4, 0.5) is 0 Å². The standard InChI is InChI=1S/C20H27N5O4/c1-6-28-18(27)12-15(22-8-7-17(26)29-20(3,4)5)16-11-14(2)23-19(24-16)25-10-9-21-13-25/h9-11,13H,6-8,12H2,1-5H3. The summed E-state index contributed by atoms with van der Waals surface area (Å²) in [5.74, 6) is -0.347. The maximum atomic E-state index is 12.1. The SMILES string of the molecule is CCOC(=O)CC(=NCCC(=O)OC(C)(C)C)c1cc(C)nc(-n2ccnc2)n1. The van der Waals surface area contributed by atoms with Crippen molar-refractivity contribution in [3.8, 4) is 5.95 Å². The lowest BCUT2D eigenvalue weighted by Crippen LogP contribution is -2.24. The van der Waals surface area contributed by atoms with Crippen LogP contribution in [0.2, 0.25) is 0 Å². The van der Waals surface area contributed by atoms with Crippen molar-refractivity contribution in [2.45, 2.75) is 53.1 Å². The highest BCUT2D eigenvalue weighted by molar-refractivity contribution is 6.08. The number of rotatable bonds is 8. The maximum absolute atomic E-state index is 12.1. The number of hydrogen-bond donors (Lipinski definition) is 0. The number of aromatic nitrogens is 4. The lowest BCUT2D eigenvalue weighted by atomic mass is 10.1. The van der Waals surface area contributed by atoms with Gasteiger partial charge in [0, 0.05) is 24.6 Å². The zero-order valence-corrected chi connectivity index (χ0v) is 17.5. The summed E-state index contributed by atoms with van der Waals surface area (Å²) in [5, 5.41) is 0. The molecule has 0 amide bonds. The van der Waals surface area contributed by atoms with Crippen molar-refractivity contribution in [1.82, 2.24) is 19.5 Å². The minimum Gasteiger partial charge on any atom is -0.466 e. The second-order valence-electron chi connectivity index (χ2n) is 7.31. The Morgan fingerprint density at radius 3 is 2.59 bits per heavy atom. The second kappa shape index (κ2) is 9.90.